The maximum Gasteiger partial charge on any atom is 1.00 e. The van der Waals surface area contributed by atoms with Crippen LogP contribution >= 0.6 is 11.8 Å². The molecule has 2 aliphatic rings. The molecule has 0 aliphatic carbocycles. The van der Waals surface area contributed by atoms with Crippen molar-refractivity contribution in [1.29, 1.82) is 0 Å². The number of nitrogens with one attached hydrogen (secondary N) is 1. The van der Waals surface area contributed by atoms with Crippen LogP contribution in [-0.2, 0) is 14.4 Å². The number of carboxylic acid groups (broad SMARTS) is 1. The van der Waals surface area contributed by atoms with Crippen LogP contribution in [0.15, 0.2) is 30.3 Å². The van der Waals surface area contributed by atoms with Crippen LogP contribution in [0.25, 0.3) is 0 Å². The molecule has 134 valence electrons. The molecule has 2 amide bonds. The Balaban J connectivity index is 0.00000243. The Bertz CT molecular complexity index is 714. The molecular formula is C17H19KN2O5S. The first-order chi connectivity index (χ1) is 11.7. The summed E-state index contributed by atoms with van der Waals surface area (Å²) in [6.45, 7) is 5.10. The maximum absolute atomic E-state index is 12.3. The Kier molecular flexibility index (Phi) is 6.84. The van der Waals surface area contributed by atoms with Crippen LogP contribution in [0.4, 0.5) is 0 Å². The molecule has 0 saturated carbocycles. The van der Waals surface area contributed by atoms with Crippen LogP contribution < -0.4 is 66.5 Å². The molecule has 1 aromatic carbocycles. The van der Waals surface area contributed by atoms with Crippen LogP contribution in [0.2, 0.25) is 0 Å². The van der Waals surface area contributed by atoms with Crippen LogP contribution in [0.1, 0.15) is 20.8 Å². The van der Waals surface area contributed by atoms with Gasteiger partial charge in [-0.1, -0.05) is 18.2 Å². The van der Waals surface area contributed by atoms with Crippen molar-refractivity contribution < 1.29 is 75.6 Å². The van der Waals surface area contributed by atoms with E-state index in [4.69, 9.17) is 4.74 Å². The molecular weight excluding hydrogens is 383 g/mol. The summed E-state index contributed by atoms with van der Waals surface area (Å²) in [4.78, 5) is 37.3. The second-order valence-corrected chi connectivity index (χ2v) is 8.41. The smallest absolute Gasteiger partial charge is 0.548 e. The number of aliphatic carboxylic acids is 1. The Morgan fingerprint density at radius 3 is 2.50 bits per heavy atom. The van der Waals surface area contributed by atoms with Crippen LogP contribution in [0.3, 0.4) is 0 Å². The molecule has 4 atom stereocenters. The molecule has 2 heterocycles. The first-order valence-electron chi connectivity index (χ1n) is 7.95. The van der Waals surface area contributed by atoms with Gasteiger partial charge in [-0.2, -0.15) is 0 Å². The molecule has 1 aromatic rings. The van der Waals surface area contributed by atoms with Gasteiger partial charge >= 0.3 is 51.4 Å². The van der Waals surface area contributed by atoms with Crippen molar-refractivity contribution in [3.8, 4) is 5.75 Å². The van der Waals surface area contributed by atoms with Gasteiger partial charge in [-0.3, -0.25) is 9.59 Å². The fraction of sp³-hybridized carbons (Fsp3) is 0.471. The molecule has 0 bridgehead atoms. The van der Waals surface area contributed by atoms with Crippen molar-refractivity contribution >= 4 is 29.5 Å². The van der Waals surface area contributed by atoms with Crippen molar-refractivity contribution in [1.82, 2.24) is 10.2 Å². The third-order valence-electron chi connectivity index (χ3n) is 4.39. The van der Waals surface area contributed by atoms with Crippen molar-refractivity contribution in [2.75, 3.05) is 0 Å². The molecule has 0 spiro atoms. The second-order valence-electron chi connectivity index (χ2n) is 6.64. The minimum absolute atomic E-state index is 0. The number of rotatable bonds is 5. The predicted molar refractivity (Wildman–Crippen MR) is 89.6 cm³/mol. The van der Waals surface area contributed by atoms with Crippen molar-refractivity contribution in [3.05, 3.63) is 30.3 Å². The summed E-state index contributed by atoms with van der Waals surface area (Å²) in [6.07, 6.45) is -0.777. The molecule has 0 aromatic heterocycles. The largest absolute Gasteiger partial charge is 1.00 e. The Morgan fingerprint density at radius 1 is 1.31 bits per heavy atom. The van der Waals surface area contributed by atoms with Crippen molar-refractivity contribution in [3.63, 3.8) is 0 Å². The average Bonchev–Trinajstić information content (AvgIpc) is 2.81. The first-order valence-corrected chi connectivity index (χ1v) is 8.83. The number of carbonyl (C=O) groups is 3. The van der Waals surface area contributed by atoms with Crippen LogP contribution in [0, 0.1) is 0 Å². The quantitative estimate of drug-likeness (QED) is 0.410. The number of hydrogen-bond acceptors (Lipinski definition) is 6. The van der Waals surface area contributed by atoms with E-state index >= 15 is 0 Å². The third-order valence-corrected chi connectivity index (χ3v) is 5.96. The molecule has 0 radical (unpaired) electrons. The Hall–Kier alpha value is -0.584. The van der Waals surface area contributed by atoms with E-state index in [2.05, 4.69) is 5.32 Å². The molecule has 2 aliphatic heterocycles. The zero-order valence-corrected chi connectivity index (χ0v) is 19.0. The van der Waals surface area contributed by atoms with E-state index in [9.17, 15) is 19.5 Å². The van der Waals surface area contributed by atoms with Gasteiger partial charge in [0.25, 0.3) is 5.91 Å². The number of nitrogens with zero attached hydrogens (tertiary/aromatic N) is 1. The van der Waals surface area contributed by atoms with Crippen LogP contribution in [0.5, 0.6) is 5.75 Å². The van der Waals surface area contributed by atoms with Gasteiger partial charge in [-0.25, -0.2) is 0 Å². The minimum Gasteiger partial charge on any atom is -0.548 e. The van der Waals surface area contributed by atoms with Gasteiger partial charge in [0.05, 0.1) is 12.0 Å². The summed E-state index contributed by atoms with van der Waals surface area (Å²) in [6, 6.07) is 7.16. The fourth-order valence-corrected chi connectivity index (χ4v) is 4.77. The number of ether oxygens (including phenoxy) is 1. The van der Waals surface area contributed by atoms with E-state index in [1.807, 2.05) is 6.07 Å². The molecule has 1 N–H and O–H groups in total. The van der Waals surface area contributed by atoms with Crippen molar-refractivity contribution in [2.24, 2.45) is 0 Å². The molecule has 3 unspecified atom stereocenters. The van der Waals surface area contributed by atoms with Gasteiger partial charge in [-0.05, 0) is 32.9 Å². The van der Waals surface area contributed by atoms with E-state index < -0.39 is 46.1 Å². The second kappa shape index (κ2) is 8.20. The topological polar surface area (TPSA) is 98.8 Å². The van der Waals surface area contributed by atoms with Gasteiger partial charge < -0.3 is 24.9 Å². The van der Waals surface area contributed by atoms with Gasteiger partial charge in [0.1, 0.15) is 17.2 Å². The van der Waals surface area contributed by atoms with E-state index in [1.54, 1.807) is 45.0 Å². The van der Waals surface area contributed by atoms with E-state index in [1.165, 1.54) is 16.7 Å². The number of hydrogen-bond donors (Lipinski definition) is 1. The molecule has 9 heteroatoms. The van der Waals surface area contributed by atoms with Gasteiger partial charge in [-0.15, -0.1) is 11.8 Å². The van der Waals surface area contributed by atoms with E-state index in [0.29, 0.717) is 5.75 Å². The molecule has 2 fully saturated rings. The zero-order chi connectivity index (χ0) is 18.4. The third kappa shape index (κ3) is 3.97. The number of benzene rings is 1. The van der Waals surface area contributed by atoms with Gasteiger partial charge in [0.2, 0.25) is 5.91 Å². The first kappa shape index (κ1) is 21.7. The average molecular weight is 403 g/mol. The zero-order valence-electron chi connectivity index (χ0n) is 15.1. The fourth-order valence-electron chi connectivity index (χ4n) is 3.15. The summed E-state index contributed by atoms with van der Waals surface area (Å²) in [7, 11) is 0. The number of carboxylic acids is 1. The summed E-state index contributed by atoms with van der Waals surface area (Å²) in [5.41, 5.74) is 0. The van der Waals surface area contributed by atoms with Crippen LogP contribution in [-0.4, -0.2) is 51.0 Å². The standard InChI is InChI=1S/C17H20N2O5S.K/c1-9(24-10-7-5-4-6-8-10)13(20)18-11-14(21)19-12(16(22)23)17(2,3)25-15(11)19;/h4-9,11-12,15H,1-3H3,(H,18,20)(H,22,23);/q;+1/p-1/t9?,11?,12?,15-;/m1./s1. The summed E-state index contributed by atoms with van der Waals surface area (Å²) < 4.78 is 4.87. The number of para-hydroxylation sites is 1. The van der Waals surface area contributed by atoms with Gasteiger partial charge in [0, 0.05) is 4.75 Å². The van der Waals surface area contributed by atoms with E-state index in [-0.39, 0.29) is 51.4 Å². The predicted octanol–water partition coefficient (Wildman–Crippen LogP) is -3.25. The summed E-state index contributed by atoms with van der Waals surface area (Å²) in [5, 5.41) is 13.6. The van der Waals surface area contributed by atoms with Crippen molar-refractivity contribution in [2.45, 2.75) is 49.1 Å². The Morgan fingerprint density at radius 2 is 1.92 bits per heavy atom. The number of carbonyl (C=O) groups excluding carboxylic acids is 3. The van der Waals surface area contributed by atoms with Gasteiger partial charge in [0.15, 0.2) is 6.10 Å². The number of amides is 2. The van der Waals surface area contributed by atoms with E-state index in [0.717, 1.165) is 0 Å². The number of fused-ring (bicyclic) bond motifs is 1. The number of thioether (sulfide) groups is 1. The normalized spacial score (nSPS) is 26.8. The summed E-state index contributed by atoms with van der Waals surface area (Å²) >= 11 is 1.35. The SMILES string of the molecule is CC(Oc1ccccc1)C(=O)NC1C(=O)N2C(C(=O)[O-])C(C)(C)S[C@H]12.[K+]. The minimum atomic E-state index is -1.28. The molecule has 3 rings (SSSR count). The maximum atomic E-state index is 12.3. The monoisotopic (exact) mass is 402 g/mol. The summed E-state index contributed by atoms with van der Waals surface area (Å²) in [5.74, 6) is -1.55. The molecule has 26 heavy (non-hydrogen) atoms. The number of β-lactam (4-membered cyclic amide) rings is 1. The Labute approximate surface area is 198 Å². The molecule has 2 saturated heterocycles. The molecule has 7 nitrogen and oxygen atoms in total.